The van der Waals surface area contributed by atoms with Crippen LogP contribution in [0, 0.1) is 0 Å². The van der Waals surface area contributed by atoms with Crippen LogP contribution in [0.5, 0.6) is 5.75 Å². The summed E-state index contributed by atoms with van der Waals surface area (Å²) in [6, 6.07) is 2.86. The monoisotopic (exact) mass is 401 g/mol. The number of sulfonamides is 1. The Kier molecular flexibility index (Phi) is 7.38. The average molecular weight is 403 g/mol. The average Bonchev–Trinajstić information content (AvgIpc) is 2.42. The molecule has 0 spiro atoms. The molecule has 0 aliphatic carbocycles. The summed E-state index contributed by atoms with van der Waals surface area (Å²) in [5.74, 6) is 0.166. The van der Waals surface area contributed by atoms with Crippen molar-refractivity contribution in [2.75, 3.05) is 40.5 Å². The molecule has 0 aliphatic rings. The molecule has 0 atom stereocenters. The zero-order chi connectivity index (χ0) is 16.0. The Morgan fingerprint density at radius 1 is 1.33 bits per heavy atom. The molecule has 0 radical (unpaired) electrons. The summed E-state index contributed by atoms with van der Waals surface area (Å²) < 4.78 is 37.0. The molecule has 6 nitrogen and oxygen atoms in total. The first kappa shape index (κ1) is 18.7. The van der Waals surface area contributed by atoms with Crippen molar-refractivity contribution in [2.24, 2.45) is 0 Å². The van der Waals surface area contributed by atoms with E-state index >= 15 is 0 Å². The predicted molar refractivity (Wildman–Crippen MR) is 83.4 cm³/mol. The van der Waals surface area contributed by atoms with E-state index in [0.717, 1.165) is 4.31 Å². The van der Waals surface area contributed by atoms with Crippen molar-refractivity contribution >= 4 is 37.6 Å². The minimum absolute atomic E-state index is 0.0427. The maximum absolute atomic E-state index is 12.7. The maximum Gasteiger partial charge on any atom is 0.247 e. The maximum atomic E-state index is 12.7. The number of nitrogens with zero attached hydrogens (tertiary/aromatic N) is 1. The molecular formula is C12H17BrClNO5S. The smallest absolute Gasteiger partial charge is 0.247 e. The van der Waals surface area contributed by atoms with E-state index in [0.29, 0.717) is 4.47 Å². The van der Waals surface area contributed by atoms with Crippen LogP contribution in [-0.2, 0) is 14.8 Å². The van der Waals surface area contributed by atoms with Crippen LogP contribution >= 0.6 is 27.5 Å². The van der Waals surface area contributed by atoms with Gasteiger partial charge in [-0.25, -0.2) is 8.42 Å². The van der Waals surface area contributed by atoms with Crippen LogP contribution in [0.3, 0.4) is 0 Å². The van der Waals surface area contributed by atoms with E-state index in [1.54, 1.807) is 6.07 Å². The number of aliphatic hydroxyl groups is 1. The lowest BCUT2D eigenvalue weighted by atomic mass is 10.3. The number of methoxy groups -OCH3 is 2. The van der Waals surface area contributed by atoms with Crippen LogP contribution < -0.4 is 4.74 Å². The summed E-state index contributed by atoms with van der Waals surface area (Å²) >= 11 is 9.15. The van der Waals surface area contributed by atoms with Gasteiger partial charge in [0.1, 0.15) is 4.90 Å². The molecule has 1 N–H and O–H groups in total. The molecule has 0 amide bonds. The number of rotatable bonds is 8. The van der Waals surface area contributed by atoms with Crippen LogP contribution in [0.15, 0.2) is 21.5 Å². The second kappa shape index (κ2) is 8.30. The summed E-state index contributed by atoms with van der Waals surface area (Å²) in [6.07, 6.45) is 0. The number of hydrogen-bond donors (Lipinski definition) is 1. The predicted octanol–water partition coefficient (Wildman–Crippen LogP) is 1.74. The van der Waals surface area contributed by atoms with E-state index in [-0.39, 0.29) is 42.0 Å². The second-order valence-corrected chi connectivity index (χ2v) is 7.24. The number of ether oxygens (including phenoxy) is 2. The lowest BCUT2D eigenvalue weighted by Crippen LogP contribution is -2.36. The van der Waals surface area contributed by atoms with Gasteiger partial charge in [0.15, 0.2) is 5.75 Å². The molecule has 1 aromatic rings. The van der Waals surface area contributed by atoms with Gasteiger partial charge in [0.05, 0.1) is 24.8 Å². The number of benzene rings is 1. The fraction of sp³-hybridized carbons (Fsp3) is 0.500. The molecule has 0 saturated carbocycles. The Balaban J connectivity index is 3.33. The quantitative estimate of drug-likeness (QED) is 0.717. The Morgan fingerprint density at radius 2 is 2.00 bits per heavy atom. The highest BCUT2D eigenvalue weighted by Crippen LogP contribution is 2.36. The normalized spacial score (nSPS) is 11.9. The van der Waals surface area contributed by atoms with Gasteiger partial charge in [-0.1, -0.05) is 11.6 Å². The molecule has 120 valence electrons. The fourth-order valence-electron chi connectivity index (χ4n) is 1.72. The van der Waals surface area contributed by atoms with Crippen molar-refractivity contribution in [3.8, 4) is 5.75 Å². The molecule has 9 heteroatoms. The van der Waals surface area contributed by atoms with E-state index in [2.05, 4.69) is 15.9 Å². The van der Waals surface area contributed by atoms with Gasteiger partial charge in [-0.3, -0.25) is 0 Å². The largest absolute Gasteiger partial charge is 0.494 e. The molecule has 0 fully saturated rings. The first-order chi connectivity index (χ1) is 9.88. The summed E-state index contributed by atoms with van der Waals surface area (Å²) in [7, 11) is -1.02. The molecule has 0 heterocycles. The van der Waals surface area contributed by atoms with E-state index < -0.39 is 10.0 Å². The van der Waals surface area contributed by atoms with Crippen molar-refractivity contribution in [1.29, 1.82) is 0 Å². The molecule has 1 aromatic carbocycles. The van der Waals surface area contributed by atoms with E-state index in [4.69, 9.17) is 26.2 Å². The fourth-order valence-corrected chi connectivity index (χ4v) is 4.51. The van der Waals surface area contributed by atoms with Gasteiger partial charge in [0.2, 0.25) is 10.0 Å². The van der Waals surface area contributed by atoms with E-state index in [1.165, 1.54) is 20.3 Å². The lowest BCUT2D eigenvalue weighted by molar-refractivity contribution is 0.168. The minimum Gasteiger partial charge on any atom is -0.494 e. The summed E-state index contributed by atoms with van der Waals surface area (Å²) in [4.78, 5) is -0.0612. The topological polar surface area (TPSA) is 76.1 Å². The molecular weight excluding hydrogens is 386 g/mol. The van der Waals surface area contributed by atoms with Crippen molar-refractivity contribution in [2.45, 2.75) is 4.90 Å². The molecule has 0 saturated heterocycles. The molecule has 0 unspecified atom stereocenters. The van der Waals surface area contributed by atoms with Crippen molar-refractivity contribution < 1.29 is 23.0 Å². The Bertz CT molecular complexity index is 581. The Labute approximate surface area is 137 Å². The standard InChI is InChI=1S/C12H17BrClNO5S/c1-19-6-4-15(3-5-16)21(17,18)11-8-9(14)7-10(13)12(11)20-2/h7-8,16H,3-6H2,1-2H3. The summed E-state index contributed by atoms with van der Waals surface area (Å²) in [5.41, 5.74) is 0. The molecule has 0 aromatic heterocycles. The van der Waals surface area contributed by atoms with Gasteiger partial charge < -0.3 is 14.6 Å². The van der Waals surface area contributed by atoms with E-state index in [1.807, 2.05) is 0 Å². The number of hydrogen-bond acceptors (Lipinski definition) is 5. The van der Waals surface area contributed by atoms with Crippen LogP contribution in [0.4, 0.5) is 0 Å². The first-order valence-electron chi connectivity index (χ1n) is 6.01. The van der Waals surface area contributed by atoms with Crippen LogP contribution in [-0.4, -0.2) is 58.4 Å². The third kappa shape index (κ3) is 4.54. The lowest BCUT2D eigenvalue weighted by Gasteiger charge is -2.22. The first-order valence-corrected chi connectivity index (χ1v) is 8.62. The van der Waals surface area contributed by atoms with E-state index in [9.17, 15) is 8.42 Å². The SMILES string of the molecule is COCCN(CCO)S(=O)(=O)c1cc(Cl)cc(Br)c1OC. The molecule has 1 rings (SSSR count). The van der Waals surface area contributed by atoms with Crippen LogP contribution in [0.1, 0.15) is 0 Å². The molecule has 21 heavy (non-hydrogen) atoms. The van der Waals surface area contributed by atoms with Gasteiger partial charge in [-0.2, -0.15) is 4.31 Å². The van der Waals surface area contributed by atoms with Gasteiger partial charge in [0.25, 0.3) is 0 Å². The summed E-state index contributed by atoms with van der Waals surface area (Å²) in [5, 5.41) is 9.33. The number of halogens is 2. The zero-order valence-electron chi connectivity index (χ0n) is 11.7. The number of aliphatic hydroxyl groups excluding tert-OH is 1. The van der Waals surface area contributed by atoms with Gasteiger partial charge in [0, 0.05) is 25.2 Å². The molecule has 0 aliphatic heterocycles. The Hall–Kier alpha value is -0.380. The highest BCUT2D eigenvalue weighted by Gasteiger charge is 2.29. The van der Waals surface area contributed by atoms with Gasteiger partial charge >= 0.3 is 0 Å². The van der Waals surface area contributed by atoms with Crippen LogP contribution in [0.2, 0.25) is 5.02 Å². The zero-order valence-corrected chi connectivity index (χ0v) is 14.8. The van der Waals surface area contributed by atoms with Crippen molar-refractivity contribution in [3.63, 3.8) is 0 Å². The van der Waals surface area contributed by atoms with Crippen molar-refractivity contribution in [1.82, 2.24) is 4.31 Å². The van der Waals surface area contributed by atoms with Crippen LogP contribution in [0.25, 0.3) is 0 Å². The van der Waals surface area contributed by atoms with Crippen molar-refractivity contribution in [3.05, 3.63) is 21.6 Å². The Morgan fingerprint density at radius 3 is 2.52 bits per heavy atom. The third-order valence-electron chi connectivity index (χ3n) is 2.69. The summed E-state index contributed by atoms with van der Waals surface area (Å²) in [6.45, 7) is -0.0120. The third-order valence-corrected chi connectivity index (χ3v) is 5.40. The second-order valence-electron chi connectivity index (χ2n) is 4.04. The molecule has 0 bridgehead atoms. The minimum atomic E-state index is -3.87. The highest BCUT2D eigenvalue weighted by atomic mass is 79.9. The van der Waals surface area contributed by atoms with Gasteiger partial charge in [-0.15, -0.1) is 0 Å². The van der Waals surface area contributed by atoms with Gasteiger partial charge in [-0.05, 0) is 28.1 Å². The highest BCUT2D eigenvalue weighted by molar-refractivity contribution is 9.10.